The maximum absolute atomic E-state index is 12.3. The molecular formula is C19H21BrN4O2. The van der Waals surface area contributed by atoms with Crippen LogP contribution in [0.15, 0.2) is 58.1 Å². The van der Waals surface area contributed by atoms with Crippen LogP contribution >= 0.6 is 15.9 Å². The molecule has 2 aromatic rings. The van der Waals surface area contributed by atoms with Gasteiger partial charge < -0.3 is 4.74 Å². The summed E-state index contributed by atoms with van der Waals surface area (Å²) in [6.07, 6.45) is 2.27. The van der Waals surface area contributed by atoms with Crippen molar-refractivity contribution >= 4 is 28.1 Å². The molecule has 136 valence electrons. The van der Waals surface area contributed by atoms with Gasteiger partial charge in [0.25, 0.3) is 5.91 Å². The molecule has 2 atom stereocenters. The summed E-state index contributed by atoms with van der Waals surface area (Å²) in [6, 6.07) is 15.3. The van der Waals surface area contributed by atoms with Crippen molar-refractivity contribution in [3.8, 4) is 5.75 Å². The summed E-state index contributed by atoms with van der Waals surface area (Å²) in [6.45, 7) is 2.60. The summed E-state index contributed by atoms with van der Waals surface area (Å²) in [5, 5.41) is 4.03. The van der Waals surface area contributed by atoms with E-state index in [2.05, 4.69) is 37.3 Å². The highest BCUT2D eigenvalue weighted by Gasteiger charge is 2.29. The first-order valence-electron chi connectivity index (χ1n) is 8.48. The zero-order chi connectivity index (χ0) is 18.4. The Morgan fingerprint density at radius 3 is 2.85 bits per heavy atom. The van der Waals surface area contributed by atoms with E-state index < -0.39 is 0 Å². The number of benzene rings is 2. The average molecular weight is 417 g/mol. The zero-order valence-electron chi connectivity index (χ0n) is 14.4. The van der Waals surface area contributed by atoms with E-state index in [1.165, 1.54) is 0 Å². The molecule has 26 heavy (non-hydrogen) atoms. The minimum atomic E-state index is -0.341. The van der Waals surface area contributed by atoms with Crippen LogP contribution in [0.25, 0.3) is 0 Å². The van der Waals surface area contributed by atoms with Crippen LogP contribution in [0.2, 0.25) is 0 Å². The third-order valence-electron chi connectivity index (χ3n) is 4.05. The van der Waals surface area contributed by atoms with Crippen molar-refractivity contribution in [2.24, 2.45) is 5.10 Å². The van der Waals surface area contributed by atoms with Gasteiger partial charge in [-0.15, -0.1) is 0 Å². The summed E-state index contributed by atoms with van der Waals surface area (Å²) in [7, 11) is 0. The molecule has 2 unspecified atom stereocenters. The first-order chi connectivity index (χ1) is 12.7. The fraction of sp³-hybridized carbons (Fsp3) is 0.263. The number of carbonyl (C=O) groups excluding carboxylic acids is 1. The monoisotopic (exact) mass is 416 g/mol. The van der Waals surface area contributed by atoms with Gasteiger partial charge in [0.05, 0.1) is 12.8 Å². The van der Waals surface area contributed by atoms with Gasteiger partial charge in [-0.05, 0) is 48.7 Å². The number of hydrogen-bond donors (Lipinski definition) is 3. The number of nitrogens with zero attached hydrogens (tertiary/aromatic N) is 1. The fourth-order valence-corrected chi connectivity index (χ4v) is 3.16. The Labute approximate surface area is 161 Å². The van der Waals surface area contributed by atoms with Gasteiger partial charge in [0.1, 0.15) is 11.8 Å². The highest BCUT2D eigenvalue weighted by molar-refractivity contribution is 9.10. The van der Waals surface area contributed by atoms with E-state index in [0.29, 0.717) is 13.0 Å². The lowest BCUT2D eigenvalue weighted by Crippen LogP contribution is -2.41. The molecule has 7 heteroatoms. The molecule has 0 radical (unpaired) electrons. The second-order valence-corrected chi connectivity index (χ2v) is 6.84. The van der Waals surface area contributed by atoms with E-state index in [0.717, 1.165) is 21.3 Å². The molecule has 3 N–H and O–H groups in total. The van der Waals surface area contributed by atoms with Gasteiger partial charge >= 0.3 is 0 Å². The van der Waals surface area contributed by atoms with Crippen molar-refractivity contribution in [3.05, 3.63) is 64.1 Å². The van der Waals surface area contributed by atoms with Gasteiger partial charge in [0, 0.05) is 10.5 Å². The summed E-state index contributed by atoms with van der Waals surface area (Å²) >= 11 is 3.40. The van der Waals surface area contributed by atoms with Crippen molar-refractivity contribution < 1.29 is 9.53 Å². The lowest BCUT2D eigenvalue weighted by molar-refractivity contribution is -0.122. The Morgan fingerprint density at radius 2 is 2.12 bits per heavy atom. The molecule has 1 aliphatic rings. The second-order valence-electron chi connectivity index (χ2n) is 5.92. The predicted molar refractivity (Wildman–Crippen MR) is 105 cm³/mol. The Balaban J connectivity index is 1.52. The number of hydrogen-bond acceptors (Lipinski definition) is 5. The van der Waals surface area contributed by atoms with Gasteiger partial charge in [0.15, 0.2) is 0 Å². The average Bonchev–Trinajstić information content (AvgIpc) is 3.13. The third kappa shape index (κ3) is 4.91. The van der Waals surface area contributed by atoms with Crippen LogP contribution in [0.5, 0.6) is 5.75 Å². The molecule has 0 bridgehead atoms. The van der Waals surface area contributed by atoms with Gasteiger partial charge in [-0.2, -0.15) is 5.10 Å². The maximum atomic E-state index is 12.3. The number of hydrazone groups is 1. The Hall–Kier alpha value is -2.22. The summed E-state index contributed by atoms with van der Waals surface area (Å²) in [5.74, 6) is 0.676. The molecule has 1 fully saturated rings. The van der Waals surface area contributed by atoms with Gasteiger partial charge in [-0.25, -0.2) is 16.3 Å². The molecule has 0 aromatic heterocycles. The number of nitrogens with one attached hydrogen (secondary N) is 3. The number of ether oxygens (including phenoxy) is 1. The number of rotatable bonds is 6. The molecule has 6 nitrogen and oxygen atoms in total. The van der Waals surface area contributed by atoms with E-state index in [4.69, 9.17) is 4.74 Å². The molecule has 2 aromatic carbocycles. The molecule has 3 rings (SSSR count). The first-order valence-corrected chi connectivity index (χ1v) is 9.27. The molecule has 0 aliphatic carbocycles. The van der Waals surface area contributed by atoms with Crippen molar-refractivity contribution in [1.82, 2.24) is 16.3 Å². The van der Waals surface area contributed by atoms with Crippen LogP contribution in [0.3, 0.4) is 0 Å². The normalized spacial score (nSPS) is 19.6. The number of halogens is 1. The maximum Gasteiger partial charge on any atom is 0.258 e. The number of carbonyl (C=O) groups is 1. The van der Waals surface area contributed by atoms with Crippen molar-refractivity contribution in [2.45, 2.75) is 25.4 Å². The van der Waals surface area contributed by atoms with E-state index in [-0.39, 0.29) is 18.0 Å². The minimum Gasteiger partial charge on any atom is -0.494 e. The SMILES string of the molecule is CCOc1ccc(C2CC(C(=O)N/N=C\c3cccc(Br)c3)NN2)cc1. The third-order valence-corrected chi connectivity index (χ3v) is 4.54. The molecule has 1 aliphatic heterocycles. The highest BCUT2D eigenvalue weighted by atomic mass is 79.9. The standard InChI is InChI=1S/C19H21BrN4O2/c1-2-26-16-8-6-14(7-9-16)17-11-18(23-22-17)19(25)24-21-12-13-4-3-5-15(20)10-13/h3-10,12,17-18,22-23H,2,11H2,1H3,(H,24,25)/b21-12-. The number of amides is 1. The topological polar surface area (TPSA) is 74.8 Å². The van der Waals surface area contributed by atoms with E-state index in [1.807, 2.05) is 55.5 Å². The fourth-order valence-electron chi connectivity index (χ4n) is 2.75. The molecule has 0 saturated carbocycles. The summed E-state index contributed by atoms with van der Waals surface area (Å²) in [4.78, 5) is 12.3. The van der Waals surface area contributed by atoms with E-state index in [1.54, 1.807) is 6.21 Å². The predicted octanol–water partition coefficient (Wildman–Crippen LogP) is 2.91. The Morgan fingerprint density at radius 1 is 1.31 bits per heavy atom. The molecule has 1 saturated heterocycles. The summed E-state index contributed by atoms with van der Waals surface area (Å²) < 4.78 is 6.42. The van der Waals surface area contributed by atoms with Gasteiger partial charge in [-0.3, -0.25) is 4.79 Å². The van der Waals surface area contributed by atoms with Crippen molar-refractivity contribution in [3.63, 3.8) is 0 Å². The van der Waals surface area contributed by atoms with E-state index in [9.17, 15) is 4.79 Å². The first kappa shape index (κ1) is 18.6. The second kappa shape index (κ2) is 8.93. The zero-order valence-corrected chi connectivity index (χ0v) is 16.0. The largest absolute Gasteiger partial charge is 0.494 e. The van der Waals surface area contributed by atoms with E-state index >= 15 is 0 Å². The smallest absolute Gasteiger partial charge is 0.258 e. The van der Waals surface area contributed by atoms with Crippen LogP contribution in [0.1, 0.15) is 30.5 Å². The van der Waals surface area contributed by atoms with Crippen molar-refractivity contribution in [2.75, 3.05) is 6.61 Å². The van der Waals surface area contributed by atoms with Crippen LogP contribution in [-0.4, -0.2) is 24.8 Å². The lowest BCUT2D eigenvalue weighted by atomic mass is 10.0. The van der Waals surface area contributed by atoms with Crippen LogP contribution in [0.4, 0.5) is 0 Å². The number of hydrazine groups is 1. The van der Waals surface area contributed by atoms with Crippen molar-refractivity contribution in [1.29, 1.82) is 0 Å². The highest BCUT2D eigenvalue weighted by Crippen LogP contribution is 2.24. The van der Waals surface area contributed by atoms with Crippen LogP contribution in [0, 0.1) is 0 Å². The minimum absolute atomic E-state index is 0.0653. The Bertz CT molecular complexity index is 779. The molecule has 1 heterocycles. The van der Waals surface area contributed by atoms with Gasteiger partial charge in [-0.1, -0.05) is 40.2 Å². The van der Waals surface area contributed by atoms with Crippen LogP contribution in [-0.2, 0) is 4.79 Å². The molecule has 0 spiro atoms. The Kier molecular flexibility index (Phi) is 6.38. The van der Waals surface area contributed by atoms with Crippen LogP contribution < -0.4 is 21.0 Å². The quantitative estimate of drug-likeness (QED) is 0.499. The van der Waals surface area contributed by atoms with Gasteiger partial charge in [0.2, 0.25) is 0 Å². The lowest BCUT2D eigenvalue weighted by Gasteiger charge is -2.10. The molecule has 1 amide bonds. The molecular weight excluding hydrogens is 396 g/mol. The summed E-state index contributed by atoms with van der Waals surface area (Å²) in [5.41, 5.74) is 10.8.